The van der Waals surface area contributed by atoms with Crippen LogP contribution >= 0.6 is 0 Å². The zero-order valence-corrected chi connectivity index (χ0v) is 20.1. The number of benzene rings is 1. The highest BCUT2D eigenvalue weighted by molar-refractivity contribution is 5.56. The average molecular weight is 490 g/mol. The minimum Gasteiger partial charge on any atom is -0.487 e. The fraction of sp³-hybridized carbons (Fsp3) is 0.346. The van der Waals surface area contributed by atoms with Gasteiger partial charge in [0.1, 0.15) is 23.7 Å². The van der Waals surface area contributed by atoms with Crippen molar-refractivity contribution in [1.29, 1.82) is 0 Å². The van der Waals surface area contributed by atoms with Gasteiger partial charge in [-0.1, -0.05) is 18.2 Å². The van der Waals surface area contributed by atoms with Crippen LogP contribution in [0.4, 0.5) is 4.39 Å². The molecule has 10 heteroatoms. The quantitative estimate of drug-likeness (QED) is 0.406. The van der Waals surface area contributed by atoms with E-state index in [1.807, 2.05) is 37.4 Å². The number of rotatable bonds is 8. The second-order valence-corrected chi connectivity index (χ2v) is 8.93. The molecule has 1 aromatic carbocycles. The number of aryl methyl sites for hydroxylation is 1. The van der Waals surface area contributed by atoms with E-state index in [0.29, 0.717) is 49.6 Å². The maximum absolute atomic E-state index is 14.8. The number of ether oxygens (including phenoxy) is 1. The van der Waals surface area contributed by atoms with E-state index in [4.69, 9.17) is 4.74 Å². The van der Waals surface area contributed by atoms with Crippen LogP contribution in [0.15, 0.2) is 66.1 Å². The Labute approximate surface area is 208 Å². The van der Waals surface area contributed by atoms with E-state index in [1.54, 1.807) is 34.2 Å². The molecule has 1 saturated heterocycles. The van der Waals surface area contributed by atoms with Crippen LogP contribution in [0.5, 0.6) is 5.75 Å². The Kier molecular flexibility index (Phi) is 6.86. The van der Waals surface area contributed by atoms with Crippen LogP contribution in [0.25, 0.3) is 17.1 Å². The van der Waals surface area contributed by atoms with Crippen molar-refractivity contribution >= 4 is 0 Å². The molecule has 186 valence electrons. The van der Waals surface area contributed by atoms with Crippen LogP contribution in [0.1, 0.15) is 31.0 Å². The molecule has 0 radical (unpaired) electrons. The lowest BCUT2D eigenvalue weighted by atomic mass is 9.96. The SMILES string of the molecule is CCn1cc(-n2ccc(=O)c(Cc3cccc(-c4ncc(OCC5(F)CCNCC5)cn4)c3)n2)cn1. The van der Waals surface area contributed by atoms with E-state index in [9.17, 15) is 9.18 Å². The molecular weight excluding hydrogens is 461 g/mol. The number of piperidine rings is 1. The van der Waals surface area contributed by atoms with E-state index in [2.05, 4.69) is 25.5 Å². The fourth-order valence-electron chi connectivity index (χ4n) is 4.14. The Morgan fingerprint density at radius 3 is 2.69 bits per heavy atom. The van der Waals surface area contributed by atoms with Gasteiger partial charge in [-0.15, -0.1) is 0 Å². The van der Waals surface area contributed by atoms with E-state index in [1.165, 1.54) is 6.07 Å². The molecule has 1 aliphatic rings. The molecule has 0 atom stereocenters. The second-order valence-electron chi connectivity index (χ2n) is 8.93. The highest BCUT2D eigenvalue weighted by Gasteiger charge is 2.32. The number of alkyl halides is 1. The zero-order chi connectivity index (χ0) is 25.0. The number of nitrogens with one attached hydrogen (secondary N) is 1. The summed E-state index contributed by atoms with van der Waals surface area (Å²) in [6, 6.07) is 9.20. The first-order valence-electron chi connectivity index (χ1n) is 12.1. The Hall–Kier alpha value is -3.92. The first-order valence-corrected chi connectivity index (χ1v) is 12.1. The molecule has 0 spiro atoms. The summed E-state index contributed by atoms with van der Waals surface area (Å²) in [7, 11) is 0. The first-order chi connectivity index (χ1) is 17.5. The third-order valence-electron chi connectivity index (χ3n) is 6.27. The van der Waals surface area contributed by atoms with Gasteiger partial charge in [0.25, 0.3) is 0 Å². The summed E-state index contributed by atoms with van der Waals surface area (Å²) in [5.74, 6) is 0.956. The molecule has 9 nitrogen and oxygen atoms in total. The summed E-state index contributed by atoms with van der Waals surface area (Å²) in [5, 5.41) is 12.0. The summed E-state index contributed by atoms with van der Waals surface area (Å²) < 4.78 is 23.8. The van der Waals surface area contributed by atoms with Gasteiger partial charge in [0, 0.05) is 30.8 Å². The molecule has 1 aliphatic heterocycles. The van der Waals surface area contributed by atoms with Gasteiger partial charge in [-0.3, -0.25) is 9.48 Å². The van der Waals surface area contributed by atoms with E-state index >= 15 is 0 Å². The summed E-state index contributed by atoms with van der Waals surface area (Å²) in [6.07, 6.45) is 9.60. The average Bonchev–Trinajstić information content (AvgIpc) is 3.39. The van der Waals surface area contributed by atoms with Crippen molar-refractivity contribution in [3.8, 4) is 22.8 Å². The van der Waals surface area contributed by atoms with E-state index in [0.717, 1.165) is 23.4 Å². The van der Waals surface area contributed by atoms with Crippen LogP contribution in [-0.4, -0.2) is 54.9 Å². The zero-order valence-electron chi connectivity index (χ0n) is 20.1. The third kappa shape index (κ3) is 5.49. The number of aromatic nitrogens is 6. The largest absolute Gasteiger partial charge is 0.487 e. The Morgan fingerprint density at radius 1 is 1.14 bits per heavy atom. The first kappa shape index (κ1) is 23.8. The normalized spacial score (nSPS) is 15.1. The summed E-state index contributed by atoms with van der Waals surface area (Å²) >= 11 is 0. The van der Waals surface area contributed by atoms with Crippen molar-refractivity contribution in [2.45, 2.75) is 38.4 Å². The summed E-state index contributed by atoms with van der Waals surface area (Å²) in [6.45, 7) is 4.06. The Morgan fingerprint density at radius 2 is 1.94 bits per heavy atom. The maximum atomic E-state index is 14.8. The lowest BCUT2D eigenvalue weighted by molar-refractivity contribution is 0.0536. The maximum Gasteiger partial charge on any atom is 0.203 e. The molecule has 0 unspecified atom stereocenters. The molecule has 5 rings (SSSR count). The Bertz CT molecular complexity index is 1380. The van der Waals surface area contributed by atoms with Crippen LogP contribution in [-0.2, 0) is 13.0 Å². The molecule has 0 bridgehead atoms. The molecule has 1 N–H and O–H groups in total. The molecule has 0 saturated carbocycles. The van der Waals surface area contributed by atoms with Gasteiger partial charge in [0.05, 0.1) is 24.8 Å². The van der Waals surface area contributed by atoms with Gasteiger partial charge in [-0.2, -0.15) is 10.2 Å². The minimum absolute atomic E-state index is 0.00624. The standard InChI is InChI=1S/C26H28FN7O2/c1-2-33-17-21(14-31-33)34-11-6-24(35)23(32-34)13-19-4-3-5-20(12-19)25-29-15-22(16-30-25)36-18-26(27)7-9-28-10-8-26/h3-6,11-12,14-17,28H,2,7-10,13,18H2,1H3. The van der Waals surface area contributed by atoms with Crippen molar-refractivity contribution in [1.82, 2.24) is 34.8 Å². The van der Waals surface area contributed by atoms with Gasteiger partial charge in [0.15, 0.2) is 11.6 Å². The van der Waals surface area contributed by atoms with Crippen molar-refractivity contribution in [2.24, 2.45) is 0 Å². The lowest BCUT2D eigenvalue weighted by Gasteiger charge is -2.29. The molecule has 4 heterocycles. The molecule has 1 fully saturated rings. The van der Waals surface area contributed by atoms with Gasteiger partial charge in [-0.25, -0.2) is 19.0 Å². The van der Waals surface area contributed by atoms with Gasteiger partial charge < -0.3 is 10.1 Å². The monoisotopic (exact) mass is 489 g/mol. The predicted octanol–water partition coefficient (Wildman–Crippen LogP) is 2.97. The predicted molar refractivity (Wildman–Crippen MR) is 133 cm³/mol. The highest BCUT2D eigenvalue weighted by atomic mass is 19.1. The lowest BCUT2D eigenvalue weighted by Crippen LogP contribution is -2.42. The van der Waals surface area contributed by atoms with E-state index in [-0.39, 0.29) is 12.0 Å². The Balaban J connectivity index is 1.29. The summed E-state index contributed by atoms with van der Waals surface area (Å²) in [4.78, 5) is 21.3. The second kappa shape index (κ2) is 10.4. The van der Waals surface area contributed by atoms with Gasteiger partial charge >= 0.3 is 0 Å². The van der Waals surface area contributed by atoms with Crippen LogP contribution in [0, 0.1) is 0 Å². The molecule has 0 aliphatic carbocycles. The number of halogens is 1. The number of nitrogens with zero attached hydrogens (tertiary/aromatic N) is 6. The topological polar surface area (TPSA) is 99.8 Å². The molecule has 4 aromatic rings. The highest BCUT2D eigenvalue weighted by Crippen LogP contribution is 2.25. The van der Waals surface area contributed by atoms with Crippen molar-refractivity contribution in [3.05, 3.63) is 82.8 Å². The van der Waals surface area contributed by atoms with Gasteiger partial charge in [-0.05, 0) is 44.5 Å². The van der Waals surface area contributed by atoms with Crippen molar-refractivity contribution < 1.29 is 9.13 Å². The van der Waals surface area contributed by atoms with Crippen LogP contribution in [0.2, 0.25) is 0 Å². The molecular formula is C26H28FN7O2. The smallest absolute Gasteiger partial charge is 0.203 e. The van der Waals surface area contributed by atoms with Gasteiger partial charge in [0.2, 0.25) is 5.43 Å². The van der Waals surface area contributed by atoms with E-state index < -0.39 is 5.67 Å². The molecule has 36 heavy (non-hydrogen) atoms. The fourth-order valence-corrected chi connectivity index (χ4v) is 4.14. The van der Waals surface area contributed by atoms with Crippen LogP contribution < -0.4 is 15.5 Å². The van der Waals surface area contributed by atoms with Crippen LogP contribution in [0.3, 0.4) is 0 Å². The van der Waals surface area contributed by atoms with Crippen molar-refractivity contribution in [2.75, 3.05) is 19.7 Å². The number of hydrogen-bond donors (Lipinski definition) is 1. The minimum atomic E-state index is -1.32. The molecule has 3 aromatic heterocycles. The number of hydrogen-bond acceptors (Lipinski definition) is 7. The van der Waals surface area contributed by atoms with Crippen molar-refractivity contribution in [3.63, 3.8) is 0 Å². The third-order valence-corrected chi connectivity index (χ3v) is 6.27. The molecule has 0 amide bonds. The summed E-state index contributed by atoms with van der Waals surface area (Å²) in [5.41, 5.74) is 1.49.